The molecule has 0 spiro atoms. The van der Waals surface area contributed by atoms with Crippen LogP contribution >= 0.6 is 0 Å². The predicted molar refractivity (Wildman–Crippen MR) is 98.1 cm³/mol. The van der Waals surface area contributed by atoms with E-state index in [2.05, 4.69) is 25.8 Å². The molecule has 0 radical (unpaired) electrons. The van der Waals surface area contributed by atoms with E-state index in [9.17, 15) is 4.79 Å². The smallest absolute Gasteiger partial charge is 0.407 e. The van der Waals surface area contributed by atoms with Gasteiger partial charge in [-0.25, -0.2) is 9.78 Å². The maximum absolute atomic E-state index is 12.2. The molecule has 1 amide bonds. The average Bonchev–Trinajstić information content (AvgIpc) is 3.26. The van der Waals surface area contributed by atoms with E-state index in [1.54, 1.807) is 18.3 Å². The Hall–Kier alpha value is -2.77. The van der Waals surface area contributed by atoms with Gasteiger partial charge in [0.1, 0.15) is 6.10 Å². The number of rotatable bonds is 0. The standard InChI is InChI=1S/C19H23N5O3/c25-19-22-14-5-11(6-14)10-26-18-8-13(3-4-20-18)21-17-9-16(23-24-17)12-1-2-15(7-12)27-19/h3-4,8-9,11-12,14-15H,1-2,5-7,10H2,(H,22,25)(H2,21,23,24)/t11?,12-,14?,15+/m0/s1/i10D2. The van der Waals surface area contributed by atoms with Crippen molar-refractivity contribution in [2.24, 2.45) is 5.92 Å². The number of nitrogens with one attached hydrogen (secondary N) is 3. The summed E-state index contributed by atoms with van der Waals surface area (Å²) in [5, 5.41) is 13.4. The molecule has 2 aromatic heterocycles. The number of amides is 1. The van der Waals surface area contributed by atoms with Crippen LogP contribution in [0.5, 0.6) is 5.88 Å². The summed E-state index contributed by atoms with van der Waals surface area (Å²) < 4.78 is 27.7. The SMILES string of the molecule is [2H]C1([2H])Oc2cc(ccn2)Nc2cc([nH]n2)[C@H]2CC[C@H](C2)OC(=O)NC2CC1C2. The highest BCUT2D eigenvalue weighted by Crippen LogP contribution is 2.36. The Bertz CT molecular complexity index is 915. The molecule has 6 rings (SSSR count). The number of hydrogen-bond donors (Lipinski definition) is 3. The number of hydrogen-bond acceptors (Lipinski definition) is 6. The molecular weight excluding hydrogens is 346 g/mol. The van der Waals surface area contributed by atoms with Gasteiger partial charge in [-0.15, -0.1) is 0 Å². The number of ether oxygens (including phenoxy) is 2. The summed E-state index contributed by atoms with van der Waals surface area (Å²) in [6.45, 7) is -1.88. The fraction of sp³-hybridized carbons (Fsp3) is 0.526. The number of alkyl carbamates (subject to hydrolysis) is 1. The van der Waals surface area contributed by atoms with E-state index >= 15 is 0 Å². The van der Waals surface area contributed by atoms with Gasteiger partial charge in [0.25, 0.3) is 0 Å². The minimum absolute atomic E-state index is 0.0987. The highest BCUT2D eigenvalue weighted by molar-refractivity contribution is 5.68. The fourth-order valence-electron chi connectivity index (χ4n) is 3.96. The van der Waals surface area contributed by atoms with Crippen LogP contribution in [-0.4, -0.2) is 40.0 Å². The third-order valence-corrected chi connectivity index (χ3v) is 5.49. The number of nitrogens with zero attached hydrogens (tertiary/aromatic N) is 2. The predicted octanol–water partition coefficient (Wildman–Crippen LogP) is 3.08. The van der Waals surface area contributed by atoms with E-state index in [0.717, 1.165) is 30.6 Å². The average molecular weight is 371 g/mol. The fourth-order valence-corrected chi connectivity index (χ4v) is 3.96. The van der Waals surface area contributed by atoms with Gasteiger partial charge in [-0.3, -0.25) is 5.10 Å². The molecule has 0 saturated heterocycles. The topological polar surface area (TPSA) is 101 Å². The first-order valence-corrected chi connectivity index (χ1v) is 9.39. The van der Waals surface area contributed by atoms with Gasteiger partial charge in [-0.1, -0.05) is 0 Å². The molecule has 2 saturated carbocycles. The van der Waals surface area contributed by atoms with Crippen molar-refractivity contribution >= 4 is 17.6 Å². The van der Waals surface area contributed by atoms with Gasteiger partial charge < -0.3 is 20.1 Å². The number of aromatic nitrogens is 3. The minimum Gasteiger partial charge on any atom is -0.477 e. The maximum Gasteiger partial charge on any atom is 0.407 e. The zero-order valence-electron chi connectivity index (χ0n) is 16.8. The molecule has 0 aromatic carbocycles. The lowest BCUT2D eigenvalue weighted by molar-refractivity contribution is 0.0813. The summed E-state index contributed by atoms with van der Waals surface area (Å²) >= 11 is 0. The van der Waals surface area contributed by atoms with Crippen molar-refractivity contribution in [3.05, 3.63) is 30.1 Å². The maximum atomic E-state index is 12.2. The Labute approximate surface area is 159 Å². The van der Waals surface area contributed by atoms with Gasteiger partial charge in [0.15, 0.2) is 5.82 Å². The van der Waals surface area contributed by atoms with Gasteiger partial charge in [0.05, 0.1) is 9.30 Å². The van der Waals surface area contributed by atoms with Crippen LogP contribution in [0.15, 0.2) is 24.4 Å². The second-order valence-corrected chi connectivity index (χ2v) is 7.48. The number of fused-ring (bicyclic) bond motifs is 3. The molecule has 2 aromatic rings. The number of H-pyrrole nitrogens is 1. The summed E-state index contributed by atoms with van der Waals surface area (Å²) in [5.41, 5.74) is 1.72. The summed E-state index contributed by atoms with van der Waals surface area (Å²) in [6, 6.07) is 5.29. The molecule has 8 nitrogen and oxygen atoms in total. The molecule has 4 heterocycles. The Morgan fingerprint density at radius 3 is 3.07 bits per heavy atom. The molecule has 27 heavy (non-hydrogen) atoms. The molecule has 3 N–H and O–H groups in total. The minimum atomic E-state index is -1.88. The Balaban J connectivity index is 1.41. The van der Waals surface area contributed by atoms with Crippen molar-refractivity contribution in [1.82, 2.24) is 20.5 Å². The van der Waals surface area contributed by atoms with Crippen LogP contribution < -0.4 is 15.4 Å². The normalized spacial score (nSPS) is 32.8. The van der Waals surface area contributed by atoms with Crippen LogP contribution in [0, 0.1) is 5.92 Å². The molecule has 8 bridgehead atoms. The number of carbonyl (C=O) groups excluding carboxylic acids is 1. The van der Waals surface area contributed by atoms with Crippen LogP contribution in [0.4, 0.5) is 16.3 Å². The van der Waals surface area contributed by atoms with Crippen LogP contribution in [0.25, 0.3) is 0 Å². The van der Waals surface area contributed by atoms with Gasteiger partial charge in [0, 0.05) is 41.7 Å². The van der Waals surface area contributed by atoms with Gasteiger partial charge >= 0.3 is 6.09 Å². The van der Waals surface area contributed by atoms with Crippen molar-refractivity contribution < 1.29 is 17.0 Å². The lowest BCUT2D eigenvalue weighted by Crippen LogP contribution is -2.46. The molecule has 2 fully saturated rings. The third kappa shape index (κ3) is 3.56. The van der Waals surface area contributed by atoms with Crippen LogP contribution in [0.3, 0.4) is 0 Å². The monoisotopic (exact) mass is 371 g/mol. The van der Waals surface area contributed by atoms with E-state index in [0.29, 0.717) is 18.7 Å². The van der Waals surface area contributed by atoms with Crippen LogP contribution in [0.2, 0.25) is 0 Å². The highest BCUT2D eigenvalue weighted by Gasteiger charge is 2.34. The lowest BCUT2D eigenvalue weighted by atomic mass is 9.81. The van der Waals surface area contributed by atoms with Crippen molar-refractivity contribution in [3.63, 3.8) is 0 Å². The van der Waals surface area contributed by atoms with Crippen molar-refractivity contribution in [1.29, 1.82) is 0 Å². The second kappa shape index (κ2) is 6.75. The second-order valence-electron chi connectivity index (χ2n) is 7.48. The van der Waals surface area contributed by atoms with Gasteiger partial charge in [-0.2, -0.15) is 5.10 Å². The first kappa shape index (κ1) is 14.3. The van der Waals surface area contributed by atoms with Gasteiger partial charge in [0.2, 0.25) is 5.88 Å². The highest BCUT2D eigenvalue weighted by atomic mass is 16.6. The van der Waals surface area contributed by atoms with E-state index in [-0.39, 0.29) is 29.9 Å². The molecule has 4 aliphatic rings. The number of pyridine rings is 1. The van der Waals surface area contributed by atoms with E-state index in [1.807, 2.05) is 6.07 Å². The van der Waals surface area contributed by atoms with E-state index in [4.69, 9.17) is 12.2 Å². The number of carbonyl (C=O) groups is 1. The Kier molecular flexibility index (Phi) is 3.58. The van der Waals surface area contributed by atoms with Crippen molar-refractivity contribution in [2.75, 3.05) is 11.9 Å². The summed E-state index contributed by atoms with van der Waals surface area (Å²) in [6.07, 6.45) is 4.54. The quantitative estimate of drug-likeness (QED) is 0.658. The molecule has 2 aliphatic heterocycles. The van der Waals surface area contributed by atoms with Crippen LogP contribution in [-0.2, 0) is 4.74 Å². The third-order valence-electron chi connectivity index (χ3n) is 5.49. The lowest BCUT2D eigenvalue weighted by Gasteiger charge is -2.35. The largest absolute Gasteiger partial charge is 0.477 e. The molecule has 2 atom stereocenters. The summed E-state index contributed by atoms with van der Waals surface area (Å²) in [5.74, 6) is 0.804. The Morgan fingerprint density at radius 1 is 1.22 bits per heavy atom. The van der Waals surface area contributed by atoms with E-state index < -0.39 is 12.7 Å². The molecule has 2 aliphatic carbocycles. The van der Waals surface area contributed by atoms with Crippen molar-refractivity contribution in [2.45, 2.75) is 50.2 Å². The molecule has 142 valence electrons. The molecule has 8 heteroatoms. The number of aromatic amines is 1. The summed E-state index contributed by atoms with van der Waals surface area (Å²) in [4.78, 5) is 16.3. The molecular formula is C19H23N5O3. The first-order chi connectivity index (χ1) is 13.9. The van der Waals surface area contributed by atoms with E-state index in [1.165, 1.54) is 0 Å². The zero-order chi connectivity index (χ0) is 20.0. The van der Waals surface area contributed by atoms with Crippen molar-refractivity contribution in [3.8, 4) is 5.88 Å². The number of anilines is 2. The zero-order valence-corrected chi connectivity index (χ0v) is 14.8. The van der Waals surface area contributed by atoms with Crippen LogP contribution in [0.1, 0.15) is 46.5 Å². The summed E-state index contributed by atoms with van der Waals surface area (Å²) in [7, 11) is 0. The van der Waals surface area contributed by atoms with Gasteiger partial charge in [-0.05, 0) is 44.1 Å². The molecule has 0 unspecified atom stereocenters. The first-order valence-electron chi connectivity index (χ1n) is 10.4. The Morgan fingerprint density at radius 2 is 2.15 bits per heavy atom.